The largest absolute Gasteiger partial charge is 0.496 e. The second kappa shape index (κ2) is 8.10. The summed E-state index contributed by atoms with van der Waals surface area (Å²) in [6.45, 7) is 7.35. The van der Waals surface area contributed by atoms with Crippen LogP contribution in [0.5, 0.6) is 5.75 Å². The lowest BCUT2D eigenvalue weighted by atomic mass is 10.1. The summed E-state index contributed by atoms with van der Waals surface area (Å²) >= 11 is 1.66. The van der Waals surface area contributed by atoms with Crippen LogP contribution in [0.1, 0.15) is 27.5 Å². The van der Waals surface area contributed by atoms with Crippen molar-refractivity contribution in [3.63, 3.8) is 0 Å². The summed E-state index contributed by atoms with van der Waals surface area (Å²) in [4.78, 5) is 15.4. The van der Waals surface area contributed by atoms with Gasteiger partial charge in [-0.2, -0.15) is 0 Å². The van der Waals surface area contributed by atoms with Gasteiger partial charge in [0.1, 0.15) is 5.75 Å². The summed E-state index contributed by atoms with van der Waals surface area (Å²) in [6, 6.07) is 0. The molecule has 0 saturated heterocycles. The van der Waals surface area contributed by atoms with Gasteiger partial charge in [-0.1, -0.05) is 0 Å². The molecule has 7 heteroatoms. The van der Waals surface area contributed by atoms with Crippen LogP contribution in [0.3, 0.4) is 0 Å². The highest BCUT2D eigenvalue weighted by atomic mass is 32.1. The summed E-state index contributed by atoms with van der Waals surface area (Å²) in [6.07, 6.45) is 1.84. The van der Waals surface area contributed by atoms with E-state index < -0.39 is 0 Å². The zero-order valence-corrected chi connectivity index (χ0v) is 16.0. The average molecular weight is 347 g/mol. The van der Waals surface area contributed by atoms with Gasteiger partial charge in [0.25, 0.3) is 0 Å². The number of guanidine groups is 1. The highest BCUT2D eigenvalue weighted by Gasteiger charge is 2.12. The van der Waals surface area contributed by atoms with Crippen molar-refractivity contribution in [3.05, 3.63) is 39.1 Å². The SMILES string of the molecule is CN=C(NCc1ncc(C)c(OC)c1C)N(C)Cc1csc(C)n1. The minimum absolute atomic E-state index is 0.593. The summed E-state index contributed by atoms with van der Waals surface area (Å²) in [5.41, 5.74) is 4.10. The van der Waals surface area contributed by atoms with E-state index in [2.05, 4.69) is 30.6 Å². The van der Waals surface area contributed by atoms with Crippen LogP contribution < -0.4 is 10.1 Å². The van der Waals surface area contributed by atoms with Crippen LogP contribution in [0.15, 0.2) is 16.6 Å². The van der Waals surface area contributed by atoms with E-state index in [1.807, 2.05) is 34.0 Å². The minimum Gasteiger partial charge on any atom is -0.496 e. The molecule has 0 atom stereocenters. The molecule has 2 aromatic heterocycles. The molecule has 0 fully saturated rings. The maximum Gasteiger partial charge on any atom is 0.194 e. The van der Waals surface area contributed by atoms with Gasteiger partial charge in [0.05, 0.1) is 36.6 Å². The Morgan fingerprint density at radius 2 is 2.12 bits per heavy atom. The number of pyridine rings is 1. The van der Waals surface area contributed by atoms with Crippen molar-refractivity contribution in [1.82, 2.24) is 20.2 Å². The molecule has 0 aliphatic carbocycles. The molecule has 0 radical (unpaired) electrons. The smallest absolute Gasteiger partial charge is 0.194 e. The first kappa shape index (κ1) is 18.2. The zero-order chi connectivity index (χ0) is 17.7. The maximum atomic E-state index is 5.46. The lowest BCUT2D eigenvalue weighted by Gasteiger charge is -2.21. The molecule has 0 amide bonds. The van der Waals surface area contributed by atoms with Gasteiger partial charge in [-0.15, -0.1) is 11.3 Å². The van der Waals surface area contributed by atoms with Gasteiger partial charge in [-0.3, -0.25) is 9.98 Å². The second-order valence-electron chi connectivity index (χ2n) is 5.66. The highest BCUT2D eigenvalue weighted by Crippen LogP contribution is 2.23. The summed E-state index contributed by atoms with van der Waals surface area (Å²) in [5, 5.41) is 6.51. The summed E-state index contributed by atoms with van der Waals surface area (Å²) in [5.74, 6) is 1.70. The second-order valence-corrected chi connectivity index (χ2v) is 6.72. The van der Waals surface area contributed by atoms with Crippen molar-refractivity contribution in [2.75, 3.05) is 21.2 Å². The predicted molar refractivity (Wildman–Crippen MR) is 98.8 cm³/mol. The fraction of sp³-hybridized carbons (Fsp3) is 0.471. The Labute approximate surface area is 147 Å². The lowest BCUT2D eigenvalue weighted by Crippen LogP contribution is -2.38. The summed E-state index contributed by atoms with van der Waals surface area (Å²) in [7, 11) is 5.47. The first-order valence-electron chi connectivity index (χ1n) is 7.78. The first-order valence-corrected chi connectivity index (χ1v) is 8.66. The monoisotopic (exact) mass is 347 g/mol. The Kier molecular flexibility index (Phi) is 6.14. The molecule has 0 aliphatic heterocycles. The van der Waals surface area contributed by atoms with Crippen molar-refractivity contribution in [2.24, 2.45) is 4.99 Å². The maximum absolute atomic E-state index is 5.46. The van der Waals surface area contributed by atoms with Gasteiger partial charge in [0, 0.05) is 36.8 Å². The molecule has 0 unspecified atom stereocenters. The number of rotatable bonds is 5. The van der Waals surface area contributed by atoms with E-state index in [1.165, 1.54) is 0 Å². The number of hydrogen-bond acceptors (Lipinski definition) is 5. The molecule has 2 heterocycles. The minimum atomic E-state index is 0.593. The van der Waals surface area contributed by atoms with Crippen LogP contribution >= 0.6 is 11.3 Å². The average Bonchev–Trinajstić information content (AvgIpc) is 2.95. The first-order chi connectivity index (χ1) is 11.5. The molecule has 0 aliphatic rings. The fourth-order valence-electron chi connectivity index (χ4n) is 2.60. The number of hydrogen-bond donors (Lipinski definition) is 1. The van der Waals surface area contributed by atoms with E-state index >= 15 is 0 Å². The van der Waals surface area contributed by atoms with Gasteiger partial charge in [0.15, 0.2) is 5.96 Å². The van der Waals surface area contributed by atoms with Crippen molar-refractivity contribution in [3.8, 4) is 5.75 Å². The third-order valence-electron chi connectivity index (χ3n) is 3.80. The summed E-state index contributed by atoms with van der Waals surface area (Å²) < 4.78 is 5.46. The van der Waals surface area contributed by atoms with Crippen molar-refractivity contribution in [2.45, 2.75) is 33.9 Å². The highest BCUT2D eigenvalue weighted by molar-refractivity contribution is 7.09. The van der Waals surface area contributed by atoms with Crippen LogP contribution in [-0.4, -0.2) is 42.0 Å². The Balaban J connectivity index is 2.03. The Bertz CT molecular complexity index is 726. The number of methoxy groups -OCH3 is 1. The lowest BCUT2D eigenvalue weighted by molar-refractivity contribution is 0.406. The fourth-order valence-corrected chi connectivity index (χ4v) is 3.20. The van der Waals surface area contributed by atoms with E-state index in [0.29, 0.717) is 13.1 Å². The van der Waals surface area contributed by atoms with Gasteiger partial charge < -0.3 is 15.0 Å². The van der Waals surface area contributed by atoms with Crippen molar-refractivity contribution < 1.29 is 4.74 Å². The molecule has 1 N–H and O–H groups in total. The molecular weight excluding hydrogens is 322 g/mol. The predicted octanol–water partition coefficient (Wildman–Crippen LogP) is 2.68. The normalized spacial score (nSPS) is 11.5. The molecule has 0 saturated carbocycles. The number of nitrogens with zero attached hydrogens (tertiary/aromatic N) is 4. The van der Waals surface area contributed by atoms with Crippen molar-refractivity contribution in [1.29, 1.82) is 0 Å². The molecule has 2 aromatic rings. The zero-order valence-electron chi connectivity index (χ0n) is 15.2. The van der Waals surface area contributed by atoms with Gasteiger partial charge in [-0.25, -0.2) is 4.98 Å². The number of aliphatic imine (C=N–C) groups is 1. The number of aryl methyl sites for hydroxylation is 2. The number of aromatic nitrogens is 2. The Morgan fingerprint density at radius 3 is 2.71 bits per heavy atom. The molecular formula is C17H25N5OS. The van der Waals surface area contributed by atoms with E-state index in [-0.39, 0.29) is 0 Å². The molecule has 130 valence electrons. The quantitative estimate of drug-likeness (QED) is 0.665. The number of ether oxygens (including phenoxy) is 1. The Morgan fingerprint density at radius 1 is 1.38 bits per heavy atom. The standard InChI is InChI=1S/C17H25N5OS/c1-11-7-19-15(12(2)16(11)23-6)8-20-17(18-4)22(5)9-14-10-24-13(3)21-14/h7,10H,8-9H2,1-6H3,(H,18,20). The van der Waals surface area contributed by atoms with E-state index in [0.717, 1.165) is 39.2 Å². The number of thiazole rings is 1. The van der Waals surface area contributed by atoms with Gasteiger partial charge in [0.2, 0.25) is 0 Å². The van der Waals surface area contributed by atoms with Gasteiger partial charge >= 0.3 is 0 Å². The molecule has 6 nitrogen and oxygen atoms in total. The molecule has 0 bridgehead atoms. The van der Waals surface area contributed by atoms with Crippen LogP contribution in [-0.2, 0) is 13.1 Å². The van der Waals surface area contributed by atoms with Crippen LogP contribution in [0.2, 0.25) is 0 Å². The van der Waals surface area contributed by atoms with E-state index in [1.54, 1.807) is 25.5 Å². The van der Waals surface area contributed by atoms with Gasteiger partial charge in [-0.05, 0) is 20.8 Å². The topological polar surface area (TPSA) is 62.6 Å². The molecule has 24 heavy (non-hydrogen) atoms. The third kappa shape index (κ3) is 4.23. The van der Waals surface area contributed by atoms with Crippen molar-refractivity contribution >= 4 is 17.3 Å². The Hall–Kier alpha value is -2.15. The van der Waals surface area contributed by atoms with Crippen LogP contribution in [0.4, 0.5) is 0 Å². The number of nitrogens with one attached hydrogen (secondary N) is 1. The molecule has 0 spiro atoms. The third-order valence-corrected chi connectivity index (χ3v) is 4.63. The molecule has 0 aromatic carbocycles. The van der Waals surface area contributed by atoms with E-state index in [9.17, 15) is 0 Å². The van der Waals surface area contributed by atoms with E-state index in [4.69, 9.17) is 4.74 Å². The van der Waals surface area contributed by atoms with Crippen LogP contribution in [0.25, 0.3) is 0 Å². The van der Waals surface area contributed by atoms with Crippen LogP contribution in [0, 0.1) is 20.8 Å². The molecule has 2 rings (SSSR count).